The van der Waals surface area contributed by atoms with Gasteiger partial charge in [0.15, 0.2) is 6.19 Å². The maximum Gasteiger partial charge on any atom is 0.310 e. The van der Waals surface area contributed by atoms with Crippen LogP contribution in [0.5, 0.6) is 0 Å². The molecule has 0 atom stereocenters. The Bertz CT molecular complexity index is 726. The highest BCUT2D eigenvalue weighted by Gasteiger charge is 2.65. The Morgan fingerprint density at radius 2 is 1.96 bits per heavy atom. The highest BCUT2D eigenvalue weighted by Crippen LogP contribution is 3.02. The molecular formula is C14H15F5N4S. The zero-order valence-corrected chi connectivity index (χ0v) is 13.4. The minimum absolute atomic E-state index is 0.129. The molecule has 0 aliphatic carbocycles. The number of aliphatic imine (C=N–C) groups is 1. The number of rotatable bonds is 4. The molecule has 4 nitrogen and oxygen atoms in total. The van der Waals surface area contributed by atoms with Crippen LogP contribution in [0, 0.1) is 23.3 Å². The van der Waals surface area contributed by atoms with E-state index in [1.54, 1.807) is 6.19 Å². The number of nitrogens with zero attached hydrogens (tertiary/aromatic N) is 2. The van der Waals surface area contributed by atoms with Gasteiger partial charge < -0.3 is 5.32 Å². The monoisotopic (exact) mass is 366 g/mol. The van der Waals surface area contributed by atoms with Crippen molar-refractivity contribution in [3.05, 3.63) is 29.8 Å². The van der Waals surface area contributed by atoms with E-state index in [9.17, 15) is 19.4 Å². The number of guanidine groups is 1. The van der Waals surface area contributed by atoms with Crippen molar-refractivity contribution < 1.29 is 19.4 Å². The molecule has 1 aromatic carbocycles. The van der Waals surface area contributed by atoms with Crippen molar-refractivity contribution >= 4 is 16.2 Å². The Morgan fingerprint density at radius 1 is 1.25 bits per heavy atom. The van der Waals surface area contributed by atoms with Gasteiger partial charge in [-0.1, -0.05) is 37.3 Å². The second-order valence-corrected chi connectivity index (χ2v) is 7.05. The van der Waals surface area contributed by atoms with Crippen LogP contribution in [0.3, 0.4) is 0 Å². The van der Waals surface area contributed by atoms with Gasteiger partial charge in [-0.25, -0.2) is 0 Å². The maximum absolute atomic E-state index is 12.7. The first-order chi connectivity index (χ1) is 11.0. The Hall–Kier alpha value is -2.46. The molecule has 10 heteroatoms. The van der Waals surface area contributed by atoms with Crippen LogP contribution >= 0.6 is 10.2 Å². The van der Waals surface area contributed by atoms with Gasteiger partial charge in [0, 0.05) is 25.6 Å². The van der Waals surface area contributed by atoms with E-state index >= 15 is 0 Å². The summed E-state index contributed by atoms with van der Waals surface area (Å²) in [4.78, 5) is 1.80. The summed E-state index contributed by atoms with van der Waals surface area (Å²) >= 11 is 0. The van der Waals surface area contributed by atoms with Gasteiger partial charge >= 0.3 is 10.2 Å². The van der Waals surface area contributed by atoms with Gasteiger partial charge in [-0.15, -0.1) is 0 Å². The largest absolute Gasteiger partial charge is 0.356 e. The number of benzene rings is 1. The fourth-order valence-corrected chi connectivity index (χ4v) is 2.28. The predicted molar refractivity (Wildman–Crippen MR) is 84.1 cm³/mol. The molecule has 0 saturated heterocycles. The molecule has 0 amide bonds. The van der Waals surface area contributed by atoms with Crippen LogP contribution in [-0.4, -0.2) is 19.6 Å². The highest BCUT2D eigenvalue weighted by molar-refractivity contribution is 8.45. The Labute approximate surface area is 136 Å². The lowest BCUT2D eigenvalue weighted by Crippen LogP contribution is -2.34. The fraction of sp³-hybridized carbons (Fsp3) is 0.286. The van der Waals surface area contributed by atoms with Crippen molar-refractivity contribution in [2.45, 2.75) is 17.7 Å². The van der Waals surface area contributed by atoms with Gasteiger partial charge in [0.05, 0.1) is 0 Å². The molecule has 0 heterocycles. The average Bonchev–Trinajstić information content (AvgIpc) is 2.47. The van der Waals surface area contributed by atoms with Gasteiger partial charge in [-0.2, -0.15) is 5.26 Å². The second kappa shape index (κ2) is 6.57. The van der Waals surface area contributed by atoms with Crippen molar-refractivity contribution in [1.29, 1.82) is 5.26 Å². The SMILES string of the molecule is CN=C(NC#N)NCCCC#Cc1cccc(S(F)(F)(F)(F)F)c1. The minimum Gasteiger partial charge on any atom is -0.356 e. The van der Waals surface area contributed by atoms with E-state index in [-0.39, 0.29) is 11.5 Å². The van der Waals surface area contributed by atoms with Crippen LogP contribution in [0.15, 0.2) is 34.2 Å². The summed E-state index contributed by atoms with van der Waals surface area (Å²) in [5, 5.41) is 13.5. The smallest absolute Gasteiger partial charge is 0.310 e. The van der Waals surface area contributed by atoms with Crippen LogP contribution in [0.4, 0.5) is 19.4 Å². The van der Waals surface area contributed by atoms with Gasteiger partial charge in [0.1, 0.15) is 4.90 Å². The normalized spacial score (nSPS) is 14.5. The Kier molecular flexibility index (Phi) is 5.36. The number of nitrogens with one attached hydrogen (secondary N) is 2. The highest BCUT2D eigenvalue weighted by atomic mass is 32.5. The van der Waals surface area contributed by atoms with Crippen LogP contribution in [0.2, 0.25) is 0 Å². The van der Waals surface area contributed by atoms with E-state index in [0.29, 0.717) is 31.5 Å². The second-order valence-electron chi connectivity index (χ2n) is 4.64. The van der Waals surface area contributed by atoms with Crippen molar-refractivity contribution in [3.63, 3.8) is 0 Å². The van der Waals surface area contributed by atoms with E-state index in [1.165, 1.54) is 13.1 Å². The average molecular weight is 366 g/mol. The van der Waals surface area contributed by atoms with Crippen LogP contribution in [0.25, 0.3) is 0 Å². The molecular weight excluding hydrogens is 351 g/mol. The molecule has 0 radical (unpaired) electrons. The zero-order chi connectivity index (χ0) is 18.3. The first-order valence-electron chi connectivity index (χ1n) is 6.65. The summed E-state index contributed by atoms with van der Waals surface area (Å²) in [5.41, 5.74) is -0.129. The van der Waals surface area contributed by atoms with E-state index in [0.717, 1.165) is 6.07 Å². The minimum atomic E-state index is -9.68. The zero-order valence-electron chi connectivity index (χ0n) is 12.6. The first kappa shape index (κ1) is 19.6. The molecule has 24 heavy (non-hydrogen) atoms. The number of hydrogen-bond donors (Lipinski definition) is 2. The number of nitriles is 1. The molecule has 0 bridgehead atoms. The van der Waals surface area contributed by atoms with Crippen molar-refractivity contribution in [3.8, 4) is 18.0 Å². The molecule has 0 spiro atoms. The molecule has 0 saturated carbocycles. The number of unbranched alkanes of at least 4 members (excludes halogenated alkanes) is 1. The lowest BCUT2D eigenvalue weighted by Gasteiger charge is -2.40. The van der Waals surface area contributed by atoms with Gasteiger partial charge in [0.25, 0.3) is 0 Å². The van der Waals surface area contributed by atoms with E-state index in [1.807, 2.05) is 0 Å². The third-order valence-corrected chi connectivity index (χ3v) is 3.83. The Balaban J connectivity index is 2.62. The molecule has 1 rings (SSSR count). The van der Waals surface area contributed by atoms with Crippen molar-refractivity contribution in [2.24, 2.45) is 4.99 Å². The molecule has 0 unspecified atom stereocenters. The third kappa shape index (κ3) is 6.75. The fourth-order valence-electron chi connectivity index (χ4n) is 1.59. The summed E-state index contributed by atoms with van der Waals surface area (Å²) in [6.45, 7) is 0.432. The summed E-state index contributed by atoms with van der Waals surface area (Å²) in [5.74, 6) is 5.33. The molecule has 132 valence electrons. The molecule has 1 aromatic rings. The number of halogens is 5. The maximum atomic E-state index is 12.7. The Morgan fingerprint density at radius 3 is 2.54 bits per heavy atom. The van der Waals surface area contributed by atoms with Gasteiger partial charge in [0.2, 0.25) is 5.96 Å². The quantitative estimate of drug-likeness (QED) is 0.160. The lowest BCUT2D eigenvalue weighted by atomic mass is 10.2. The first-order valence-corrected chi connectivity index (χ1v) is 8.60. The molecule has 0 aromatic heterocycles. The third-order valence-electron chi connectivity index (χ3n) is 2.68. The van der Waals surface area contributed by atoms with Crippen molar-refractivity contribution in [1.82, 2.24) is 10.6 Å². The molecule has 2 N–H and O–H groups in total. The van der Waals surface area contributed by atoms with Crippen LogP contribution in [-0.2, 0) is 0 Å². The van der Waals surface area contributed by atoms with E-state index in [4.69, 9.17) is 5.26 Å². The summed E-state index contributed by atoms with van der Waals surface area (Å²) in [7, 11) is -8.20. The molecule has 0 aliphatic heterocycles. The van der Waals surface area contributed by atoms with E-state index < -0.39 is 15.1 Å². The van der Waals surface area contributed by atoms with Crippen molar-refractivity contribution in [2.75, 3.05) is 13.6 Å². The molecule has 0 fully saturated rings. The summed E-state index contributed by atoms with van der Waals surface area (Å²) < 4.78 is 63.5. The lowest BCUT2D eigenvalue weighted by molar-refractivity contribution is 0.364. The topological polar surface area (TPSA) is 60.2 Å². The standard InChI is InChI=1S/C14H15F5N4S/c1-21-14(23-11-20)22-9-4-2-3-6-12-7-5-8-13(10-12)24(15,16,17,18)19/h5,7-8,10H,2,4,9H2,1H3,(H2,21,22,23). The van der Waals surface area contributed by atoms with E-state index in [2.05, 4.69) is 27.5 Å². The predicted octanol–water partition coefficient (Wildman–Crippen LogP) is 4.12. The summed E-state index contributed by atoms with van der Waals surface area (Å²) in [6, 6.07) is 2.82. The molecule has 0 aliphatic rings. The van der Waals surface area contributed by atoms with Gasteiger partial charge in [-0.3, -0.25) is 10.3 Å². The summed E-state index contributed by atoms with van der Waals surface area (Å²) in [6.07, 6.45) is 2.55. The number of hydrogen-bond acceptors (Lipinski definition) is 2. The van der Waals surface area contributed by atoms with Gasteiger partial charge in [-0.05, 0) is 24.6 Å². The van der Waals surface area contributed by atoms with Crippen LogP contribution in [0.1, 0.15) is 18.4 Å². The van der Waals surface area contributed by atoms with Crippen LogP contribution < -0.4 is 10.6 Å².